The molecule has 1 amide bonds. The summed E-state index contributed by atoms with van der Waals surface area (Å²) in [6, 6.07) is 0. The summed E-state index contributed by atoms with van der Waals surface area (Å²) in [5.74, 6) is 0.100. The molecule has 14 heavy (non-hydrogen) atoms. The van der Waals surface area contributed by atoms with Crippen LogP contribution >= 0.6 is 11.3 Å². The Morgan fingerprint density at radius 3 is 2.50 bits per heavy atom. The average molecular weight is 211 g/mol. The van der Waals surface area contributed by atoms with E-state index in [-0.39, 0.29) is 11.3 Å². The lowest BCUT2D eigenvalue weighted by Crippen LogP contribution is -2.34. The Morgan fingerprint density at radius 2 is 2.07 bits per heavy atom. The van der Waals surface area contributed by atoms with Crippen molar-refractivity contribution in [2.45, 2.75) is 34.2 Å². The monoisotopic (exact) mass is 211 g/mol. The Bertz CT molecular complexity index is 322. The molecule has 3 heteroatoms. The highest BCUT2D eigenvalue weighted by Gasteiger charge is 2.20. The summed E-state index contributed by atoms with van der Waals surface area (Å²) in [6.07, 6.45) is 0. The highest BCUT2D eigenvalue weighted by Crippen LogP contribution is 2.15. The summed E-state index contributed by atoms with van der Waals surface area (Å²) in [4.78, 5) is 11.6. The molecule has 0 radical (unpaired) electrons. The molecule has 0 atom stereocenters. The summed E-state index contributed by atoms with van der Waals surface area (Å²) in [5, 5.41) is 7.11. The molecule has 0 saturated heterocycles. The summed E-state index contributed by atoms with van der Waals surface area (Å²) >= 11 is 1.67. The van der Waals surface area contributed by atoms with Gasteiger partial charge >= 0.3 is 0 Å². The van der Waals surface area contributed by atoms with Gasteiger partial charge < -0.3 is 5.32 Å². The number of nitrogens with one attached hydrogen (secondary N) is 1. The zero-order valence-electron chi connectivity index (χ0n) is 9.18. The standard InChI is InChI=1S/C11H17NOS/c1-8-6-14-7-9(8)5-12-10(13)11(2,3)4/h6-7H,5H2,1-4H3,(H,12,13). The van der Waals surface area contributed by atoms with Crippen molar-refractivity contribution in [3.63, 3.8) is 0 Å². The molecule has 1 rings (SSSR count). The number of carbonyl (C=O) groups excluding carboxylic acids is 1. The molecule has 0 aromatic carbocycles. The maximum atomic E-state index is 11.6. The second-order valence-corrected chi connectivity index (χ2v) is 5.26. The van der Waals surface area contributed by atoms with E-state index in [0.717, 1.165) is 0 Å². The van der Waals surface area contributed by atoms with Crippen LogP contribution in [0.3, 0.4) is 0 Å². The minimum absolute atomic E-state index is 0.100. The van der Waals surface area contributed by atoms with Crippen molar-refractivity contribution < 1.29 is 4.79 Å². The van der Waals surface area contributed by atoms with Gasteiger partial charge in [0.05, 0.1) is 0 Å². The number of hydrogen-bond donors (Lipinski definition) is 1. The Labute approximate surface area is 89.3 Å². The lowest BCUT2D eigenvalue weighted by atomic mass is 9.95. The fourth-order valence-electron chi connectivity index (χ4n) is 1.01. The molecule has 0 saturated carbocycles. The van der Waals surface area contributed by atoms with Gasteiger partial charge in [0.15, 0.2) is 0 Å². The van der Waals surface area contributed by atoms with E-state index in [9.17, 15) is 4.79 Å². The predicted molar refractivity (Wildman–Crippen MR) is 60.4 cm³/mol. The molecule has 78 valence electrons. The van der Waals surface area contributed by atoms with Crippen LogP contribution in [0.2, 0.25) is 0 Å². The van der Waals surface area contributed by atoms with E-state index in [2.05, 4.69) is 23.0 Å². The number of amides is 1. The normalized spacial score (nSPS) is 11.4. The van der Waals surface area contributed by atoms with Crippen molar-refractivity contribution in [1.29, 1.82) is 0 Å². The van der Waals surface area contributed by atoms with E-state index in [4.69, 9.17) is 0 Å². The summed E-state index contributed by atoms with van der Waals surface area (Å²) < 4.78 is 0. The van der Waals surface area contributed by atoms with Crippen LogP contribution in [-0.2, 0) is 11.3 Å². The first-order valence-corrected chi connectivity index (χ1v) is 5.65. The molecule has 0 spiro atoms. The molecule has 0 bridgehead atoms. The van der Waals surface area contributed by atoms with Gasteiger partial charge in [-0.15, -0.1) is 0 Å². The first-order valence-electron chi connectivity index (χ1n) is 4.71. The van der Waals surface area contributed by atoms with Crippen LogP contribution in [-0.4, -0.2) is 5.91 Å². The van der Waals surface area contributed by atoms with E-state index >= 15 is 0 Å². The lowest BCUT2D eigenvalue weighted by molar-refractivity contribution is -0.128. The van der Waals surface area contributed by atoms with Gasteiger partial charge in [-0.05, 0) is 28.8 Å². The Morgan fingerprint density at radius 1 is 1.43 bits per heavy atom. The Hall–Kier alpha value is -0.830. The number of carbonyl (C=O) groups is 1. The minimum atomic E-state index is -0.302. The van der Waals surface area contributed by atoms with Crippen molar-refractivity contribution >= 4 is 17.2 Å². The molecule has 0 unspecified atom stereocenters. The average Bonchev–Trinajstić information content (AvgIpc) is 2.45. The highest BCUT2D eigenvalue weighted by molar-refractivity contribution is 7.08. The third-order valence-corrected chi connectivity index (χ3v) is 2.99. The van der Waals surface area contributed by atoms with Gasteiger partial charge in [0.25, 0.3) is 0 Å². The van der Waals surface area contributed by atoms with Gasteiger partial charge in [0, 0.05) is 12.0 Å². The number of hydrogen-bond acceptors (Lipinski definition) is 2. The maximum absolute atomic E-state index is 11.6. The molecular formula is C11H17NOS. The molecule has 0 aliphatic rings. The van der Waals surface area contributed by atoms with Crippen LogP contribution in [0.25, 0.3) is 0 Å². The minimum Gasteiger partial charge on any atom is -0.352 e. The van der Waals surface area contributed by atoms with Crippen LogP contribution in [0.1, 0.15) is 31.9 Å². The van der Waals surface area contributed by atoms with Gasteiger partial charge in [-0.3, -0.25) is 4.79 Å². The molecular weight excluding hydrogens is 194 g/mol. The van der Waals surface area contributed by atoms with Crippen molar-refractivity contribution in [3.8, 4) is 0 Å². The van der Waals surface area contributed by atoms with E-state index in [0.29, 0.717) is 6.54 Å². The second-order valence-electron chi connectivity index (χ2n) is 4.51. The zero-order valence-corrected chi connectivity index (χ0v) is 9.99. The fourth-order valence-corrected chi connectivity index (χ4v) is 1.87. The van der Waals surface area contributed by atoms with E-state index < -0.39 is 0 Å². The van der Waals surface area contributed by atoms with E-state index in [1.807, 2.05) is 20.8 Å². The first kappa shape index (κ1) is 11.2. The van der Waals surface area contributed by atoms with Gasteiger partial charge in [-0.25, -0.2) is 0 Å². The molecule has 0 fully saturated rings. The van der Waals surface area contributed by atoms with Gasteiger partial charge in [-0.2, -0.15) is 11.3 Å². The molecule has 1 heterocycles. The third kappa shape index (κ3) is 2.84. The Kier molecular flexibility index (Phi) is 3.32. The van der Waals surface area contributed by atoms with Crippen molar-refractivity contribution in [3.05, 3.63) is 21.9 Å². The zero-order chi connectivity index (χ0) is 10.8. The number of aryl methyl sites for hydroxylation is 1. The van der Waals surface area contributed by atoms with Crippen molar-refractivity contribution in [2.75, 3.05) is 0 Å². The largest absolute Gasteiger partial charge is 0.352 e. The van der Waals surface area contributed by atoms with Crippen LogP contribution in [0.15, 0.2) is 10.8 Å². The lowest BCUT2D eigenvalue weighted by Gasteiger charge is -2.17. The molecule has 1 N–H and O–H groups in total. The molecule has 0 aliphatic heterocycles. The molecule has 0 aliphatic carbocycles. The van der Waals surface area contributed by atoms with Crippen molar-refractivity contribution in [2.24, 2.45) is 5.41 Å². The first-order chi connectivity index (χ1) is 6.41. The van der Waals surface area contributed by atoms with Gasteiger partial charge in [-0.1, -0.05) is 20.8 Å². The van der Waals surface area contributed by atoms with Crippen LogP contribution in [0.4, 0.5) is 0 Å². The molecule has 1 aromatic rings. The highest BCUT2D eigenvalue weighted by atomic mass is 32.1. The van der Waals surface area contributed by atoms with E-state index in [1.54, 1.807) is 11.3 Å². The SMILES string of the molecule is Cc1cscc1CNC(=O)C(C)(C)C. The van der Waals surface area contributed by atoms with Gasteiger partial charge in [0.1, 0.15) is 0 Å². The van der Waals surface area contributed by atoms with E-state index in [1.165, 1.54) is 11.1 Å². The number of rotatable bonds is 2. The molecule has 2 nitrogen and oxygen atoms in total. The Balaban J connectivity index is 2.50. The second kappa shape index (κ2) is 4.13. The third-order valence-electron chi connectivity index (χ3n) is 2.08. The maximum Gasteiger partial charge on any atom is 0.225 e. The predicted octanol–water partition coefficient (Wildman–Crippen LogP) is 2.72. The van der Waals surface area contributed by atoms with Crippen LogP contribution in [0, 0.1) is 12.3 Å². The van der Waals surface area contributed by atoms with Crippen molar-refractivity contribution in [1.82, 2.24) is 5.32 Å². The van der Waals surface area contributed by atoms with Gasteiger partial charge in [0.2, 0.25) is 5.91 Å². The topological polar surface area (TPSA) is 29.1 Å². The molecule has 1 aromatic heterocycles. The summed E-state index contributed by atoms with van der Waals surface area (Å²) in [5.41, 5.74) is 2.17. The van der Waals surface area contributed by atoms with Crippen LogP contribution in [0.5, 0.6) is 0 Å². The summed E-state index contributed by atoms with van der Waals surface area (Å²) in [6.45, 7) is 8.47. The smallest absolute Gasteiger partial charge is 0.225 e. The summed E-state index contributed by atoms with van der Waals surface area (Å²) in [7, 11) is 0. The fraction of sp³-hybridized carbons (Fsp3) is 0.545. The quantitative estimate of drug-likeness (QED) is 0.800. The number of thiophene rings is 1. The van der Waals surface area contributed by atoms with Crippen LogP contribution < -0.4 is 5.32 Å².